The Hall–Kier alpha value is -1.82. The van der Waals surface area contributed by atoms with Crippen LogP contribution in [0.2, 0.25) is 0 Å². The van der Waals surface area contributed by atoms with Gasteiger partial charge in [0.15, 0.2) is 5.65 Å². The smallest absolute Gasteiger partial charge is 0.316 e. The van der Waals surface area contributed by atoms with Crippen molar-refractivity contribution < 1.29 is 4.79 Å². The number of pyridine rings is 1. The second kappa shape index (κ2) is 6.09. The summed E-state index contributed by atoms with van der Waals surface area (Å²) in [6.07, 6.45) is 1.80. The second-order valence-corrected chi connectivity index (χ2v) is 5.06. The zero-order valence-corrected chi connectivity index (χ0v) is 12.6. The number of rotatable bonds is 4. The van der Waals surface area contributed by atoms with Crippen LogP contribution < -0.4 is 5.32 Å². The summed E-state index contributed by atoms with van der Waals surface area (Å²) in [5.41, 5.74) is 2.69. The fraction of sp³-hybridized carbons (Fsp3) is 0.462. The maximum absolute atomic E-state index is 11.5. The second-order valence-electron chi connectivity index (χ2n) is 4.80. The molecule has 7 heteroatoms. The standard InChI is InChI=1S/C13H18ClN5O/c1-9-6-10-12(16-8-9)19(11(7-14)17-10)5-4-15-13(20)18(2)3/h6,8H,4-5,7H2,1-3H3,(H,15,20). The lowest BCUT2D eigenvalue weighted by Crippen LogP contribution is -2.36. The van der Waals surface area contributed by atoms with Crippen molar-refractivity contribution in [2.24, 2.45) is 0 Å². The van der Waals surface area contributed by atoms with E-state index in [9.17, 15) is 4.79 Å². The number of nitrogens with zero attached hydrogens (tertiary/aromatic N) is 4. The molecule has 0 atom stereocenters. The molecule has 0 aliphatic heterocycles. The van der Waals surface area contributed by atoms with E-state index in [4.69, 9.17) is 11.6 Å². The molecule has 20 heavy (non-hydrogen) atoms. The Morgan fingerprint density at radius 2 is 2.25 bits per heavy atom. The van der Waals surface area contributed by atoms with E-state index in [1.165, 1.54) is 4.90 Å². The highest BCUT2D eigenvalue weighted by molar-refractivity contribution is 6.16. The van der Waals surface area contributed by atoms with Gasteiger partial charge in [-0.1, -0.05) is 0 Å². The fourth-order valence-corrected chi connectivity index (χ4v) is 2.13. The summed E-state index contributed by atoms with van der Waals surface area (Å²) in [6, 6.07) is 1.86. The van der Waals surface area contributed by atoms with E-state index in [-0.39, 0.29) is 6.03 Å². The highest BCUT2D eigenvalue weighted by Crippen LogP contribution is 2.16. The fourth-order valence-electron chi connectivity index (χ4n) is 1.93. The van der Waals surface area contributed by atoms with Crippen molar-refractivity contribution in [3.05, 3.63) is 23.7 Å². The van der Waals surface area contributed by atoms with E-state index < -0.39 is 0 Å². The van der Waals surface area contributed by atoms with Crippen molar-refractivity contribution in [2.45, 2.75) is 19.3 Å². The number of fused-ring (bicyclic) bond motifs is 1. The highest BCUT2D eigenvalue weighted by Gasteiger charge is 2.11. The molecule has 0 unspecified atom stereocenters. The number of carbonyl (C=O) groups excluding carboxylic acids is 1. The summed E-state index contributed by atoms with van der Waals surface area (Å²) >= 11 is 5.93. The molecule has 2 rings (SSSR count). The topological polar surface area (TPSA) is 63.1 Å². The van der Waals surface area contributed by atoms with Crippen LogP contribution in [0.4, 0.5) is 4.79 Å². The number of amides is 2. The van der Waals surface area contributed by atoms with Gasteiger partial charge in [0.25, 0.3) is 0 Å². The molecule has 1 N–H and O–H groups in total. The van der Waals surface area contributed by atoms with Crippen LogP contribution in [0.15, 0.2) is 12.3 Å². The van der Waals surface area contributed by atoms with Crippen LogP contribution in [0.25, 0.3) is 11.2 Å². The predicted molar refractivity (Wildman–Crippen MR) is 78.9 cm³/mol. The molecule has 2 amide bonds. The summed E-state index contributed by atoms with van der Waals surface area (Å²) in [6.45, 7) is 3.07. The van der Waals surface area contributed by atoms with Gasteiger partial charge in [-0.3, -0.25) is 0 Å². The van der Waals surface area contributed by atoms with Crippen molar-refractivity contribution in [3.63, 3.8) is 0 Å². The third kappa shape index (κ3) is 3.01. The molecule has 108 valence electrons. The first-order chi connectivity index (χ1) is 9.52. The van der Waals surface area contributed by atoms with Crippen molar-refractivity contribution in [1.82, 2.24) is 24.8 Å². The van der Waals surface area contributed by atoms with Gasteiger partial charge in [0.2, 0.25) is 0 Å². The number of aryl methyl sites for hydroxylation is 1. The molecule has 0 aromatic carbocycles. The van der Waals surface area contributed by atoms with Crippen LogP contribution in [0.3, 0.4) is 0 Å². The summed E-state index contributed by atoms with van der Waals surface area (Å²) in [5, 5.41) is 2.82. The Bertz CT molecular complexity index is 622. The van der Waals surface area contributed by atoms with Crippen molar-refractivity contribution in [1.29, 1.82) is 0 Å². The molecule has 2 aromatic heterocycles. The van der Waals surface area contributed by atoms with Crippen LogP contribution in [0.5, 0.6) is 0 Å². The number of hydrogen-bond donors (Lipinski definition) is 1. The third-order valence-corrected chi connectivity index (χ3v) is 3.18. The monoisotopic (exact) mass is 295 g/mol. The van der Waals surface area contributed by atoms with Gasteiger partial charge in [0.05, 0.1) is 5.88 Å². The molecule has 0 fully saturated rings. The minimum absolute atomic E-state index is 0.120. The van der Waals surface area contributed by atoms with Gasteiger partial charge in [-0.15, -0.1) is 11.6 Å². The molecule has 0 radical (unpaired) electrons. The Kier molecular flexibility index (Phi) is 4.44. The minimum Gasteiger partial charge on any atom is -0.336 e. The predicted octanol–water partition coefficient (Wildman–Crippen LogP) is 1.75. The maximum atomic E-state index is 11.5. The lowest BCUT2D eigenvalue weighted by molar-refractivity contribution is 0.217. The zero-order valence-electron chi connectivity index (χ0n) is 11.9. The van der Waals surface area contributed by atoms with E-state index in [0.29, 0.717) is 19.0 Å². The van der Waals surface area contributed by atoms with E-state index in [2.05, 4.69) is 15.3 Å². The number of carbonyl (C=O) groups is 1. The minimum atomic E-state index is -0.120. The van der Waals surface area contributed by atoms with E-state index in [1.807, 2.05) is 17.6 Å². The Morgan fingerprint density at radius 1 is 1.50 bits per heavy atom. The molecule has 0 saturated carbocycles. The van der Waals surface area contributed by atoms with Gasteiger partial charge in [-0.05, 0) is 18.6 Å². The van der Waals surface area contributed by atoms with Crippen LogP contribution in [0.1, 0.15) is 11.4 Å². The summed E-state index contributed by atoms with van der Waals surface area (Å²) in [7, 11) is 3.41. The first kappa shape index (κ1) is 14.6. The number of nitrogens with one attached hydrogen (secondary N) is 1. The SMILES string of the molecule is Cc1cnc2c(c1)nc(CCl)n2CCNC(=O)N(C)C. The van der Waals surface area contributed by atoms with Crippen molar-refractivity contribution >= 4 is 28.8 Å². The van der Waals surface area contributed by atoms with Gasteiger partial charge in [-0.2, -0.15) is 0 Å². The molecule has 6 nitrogen and oxygen atoms in total. The van der Waals surface area contributed by atoms with Gasteiger partial charge < -0.3 is 14.8 Å². The van der Waals surface area contributed by atoms with Gasteiger partial charge in [0, 0.05) is 33.4 Å². The number of alkyl halides is 1. The summed E-state index contributed by atoms with van der Waals surface area (Å²) in [5.74, 6) is 1.08. The zero-order chi connectivity index (χ0) is 14.7. The number of aromatic nitrogens is 3. The van der Waals surface area contributed by atoms with Crippen LogP contribution in [-0.2, 0) is 12.4 Å². The molecule has 0 bridgehead atoms. The van der Waals surface area contributed by atoms with Gasteiger partial charge in [0.1, 0.15) is 11.3 Å². The molecule has 2 aromatic rings. The Balaban J connectivity index is 2.18. The van der Waals surface area contributed by atoms with E-state index in [1.54, 1.807) is 20.3 Å². The summed E-state index contributed by atoms with van der Waals surface area (Å²) < 4.78 is 1.94. The Labute approximate surface area is 122 Å². The van der Waals surface area contributed by atoms with Crippen LogP contribution >= 0.6 is 11.6 Å². The number of urea groups is 1. The quantitative estimate of drug-likeness (QED) is 0.874. The van der Waals surface area contributed by atoms with Gasteiger partial charge >= 0.3 is 6.03 Å². The van der Waals surface area contributed by atoms with Crippen LogP contribution in [-0.4, -0.2) is 46.1 Å². The summed E-state index contributed by atoms with van der Waals surface area (Å²) in [4.78, 5) is 21.8. The van der Waals surface area contributed by atoms with Crippen molar-refractivity contribution in [2.75, 3.05) is 20.6 Å². The molecule has 0 spiro atoms. The third-order valence-electron chi connectivity index (χ3n) is 2.94. The molecular formula is C13H18ClN5O. The lowest BCUT2D eigenvalue weighted by atomic mass is 10.3. The van der Waals surface area contributed by atoms with E-state index in [0.717, 1.165) is 22.6 Å². The lowest BCUT2D eigenvalue weighted by Gasteiger charge is -2.13. The van der Waals surface area contributed by atoms with E-state index >= 15 is 0 Å². The highest BCUT2D eigenvalue weighted by atomic mass is 35.5. The van der Waals surface area contributed by atoms with Crippen LogP contribution in [0, 0.1) is 6.92 Å². The molecular weight excluding hydrogens is 278 g/mol. The average molecular weight is 296 g/mol. The number of imidazole rings is 1. The maximum Gasteiger partial charge on any atom is 0.316 e. The first-order valence-electron chi connectivity index (χ1n) is 6.36. The largest absolute Gasteiger partial charge is 0.336 e. The number of hydrogen-bond acceptors (Lipinski definition) is 3. The van der Waals surface area contributed by atoms with Gasteiger partial charge in [-0.25, -0.2) is 14.8 Å². The molecule has 2 heterocycles. The Morgan fingerprint density at radius 3 is 2.90 bits per heavy atom. The average Bonchev–Trinajstić information content (AvgIpc) is 2.75. The first-order valence-corrected chi connectivity index (χ1v) is 6.89. The number of halogens is 1. The van der Waals surface area contributed by atoms with Crippen molar-refractivity contribution in [3.8, 4) is 0 Å². The molecule has 0 saturated heterocycles. The molecule has 0 aliphatic carbocycles. The normalized spacial score (nSPS) is 10.8. The molecule has 0 aliphatic rings.